The molecule has 0 saturated heterocycles. The minimum absolute atomic E-state index is 0.0536. The molecule has 88 valence electrons. The molecule has 7 heteroatoms. The largest absolute Gasteiger partial charge is 0.478 e. The summed E-state index contributed by atoms with van der Waals surface area (Å²) in [6.45, 7) is -0.358. The maximum Gasteiger partial charge on any atom is 0.337 e. The fourth-order valence-corrected chi connectivity index (χ4v) is 1.70. The van der Waals surface area contributed by atoms with E-state index in [9.17, 15) is 14.4 Å². The van der Waals surface area contributed by atoms with Gasteiger partial charge >= 0.3 is 11.7 Å². The van der Waals surface area contributed by atoms with Crippen LogP contribution in [0.2, 0.25) is 0 Å². The third kappa shape index (κ3) is 1.78. The van der Waals surface area contributed by atoms with Gasteiger partial charge in [0.05, 0.1) is 16.6 Å². The number of hydrogen-bond acceptors (Lipinski definition) is 3. The number of amides is 1. The number of benzene rings is 1. The smallest absolute Gasteiger partial charge is 0.337 e. The molecule has 0 aliphatic rings. The summed E-state index contributed by atoms with van der Waals surface area (Å²) in [6, 6.07) is 4.42. The van der Waals surface area contributed by atoms with Crippen LogP contribution in [0.25, 0.3) is 11.0 Å². The van der Waals surface area contributed by atoms with Gasteiger partial charge in [0.25, 0.3) is 0 Å². The molecule has 0 bridgehead atoms. The summed E-state index contributed by atoms with van der Waals surface area (Å²) in [5.41, 5.74) is 4.92. The fourth-order valence-electron chi connectivity index (χ4n) is 1.70. The van der Waals surface area contributed by atoms with Crippen LogP contribution in [-0.4, -0.2) is 26.5 Å². The van der Waals surface area contributed by atoms with Crippen molar-refractivity contribution in [3.63, 3.8) is 0 Å². The molecular weight excluding hydrogens is 226 g/mol. The molecule has 2 aromatic rings. The summed E-state index contributed by atoms with van der Waals surface area (Å²) in [5.74, 6) is -1.89. The lowest BCUT2D eigenvalue weighted by Gasteiger charge is -2.02. The molecule has 0 saturated carbocycles. The molecule has 0 fully saturated rings. The second-order valence-electron chi connectivity index (χ2n) is 3.49. The Morgan fingerprint density at radius 2 is 2.12 bits per heavy atom. The zero-order valence-electron chi connectivity index (χ0n) is 8.64. The van der Waals surface area contributed by atoms with Crippen LogP contribution in [-0.2, 0) is 11.3 Å². The van der Waals surface area contributed by atoms with Crippen LogP contribution in [0, 0.1) is 0 Å². The highest BCUT2D eigenvalue weighted by Crippen LogP contribution is 2.15. The number of carbonyl (C=O) groups is 2. The van der Waals surface area contributed by atoms with E-state index in [-0.39, 0.29) is 17.6 Å². The van der Waals surface area contributed by atoms with Gasteiger partial charge in [0, 0.05) is 0 Å². The molecule has 7 nitrogen and oxygen atoms in total. The average molecular weight is 235 g/mol. The lowest BCUT2D eigenvalue weighted by Crippen LogP contribution is -2.26. The van der Waals surface area contributed by atoms with Gasteiger partial charge in [0.2, 0.25) is 5.91 Å². The number of imidazole rings is 1. The fraction of sp³-hybridized carbons (Fsp3) is 0.100. The van der Waals surface area contributed by atoms with Gasteiger partial charge in [-0.3, -0.25) is 9.36 Å². The Morgan fingerprint density at radius 1 is 1.41 bits per heavy atom. The first kappa shape index (κ1) is 10.9. The second-order valence-corrected chi connectivity index (χ2v) is 3.49. The number of primary amides is 1. The van der Waals surface area contributed by atoms with Gasteiger partial charge in [-0.2, -0.15) is 0 Å². The number of nitrogens with zero attached hydrogens (tertiary/aromatic N) is 1. The predicted octanol–water partition coefficient (Wildman–Crippen LogP) is -0.487. The standard InChI is InChI=1S/C10H9N3O4/c11-7(14)4-13-8-5(9(15)16)2-1-3-6(8)12-10(13)17/h1-3H,4H2,(H2,11,14)(H,12,17)(H,15,16). The second kappa shape index (κ2) is 3.78. The number of carbonyl (C=O) groups excluding carboxylic acids is 1. The van der Waals surface area contributed by atoms with E-state index >= 15 is 0 Å². The van der Waals surface area contributed by atoms with E-state index in [2.05, 4.69) is 4.98 Å². The van der Waals surface area contributed by atoms with Crippen molar-refractivity contribution in [1.82, 2.24) is 9.55 Å². The maximum absolute atomic E-state index is 11.6. The lowest BCUT2D eigenvalue weighted by atomic mass is 10.2. The van der Waals surface area contributed by atoms with E-state index in [1.807, 2.05) is 0 Å². The summed E-state index contributed by atoms with van der Waals surface area (Å²) in [5, 5.41) is 9.01. The molecule has 1 heterocycles. The van der Waals surface area contributed by atoms with E-state index in [4.69, 9.17) is 10.8 Å². The van der Waals surface area contributed by atoms with E-state index in [0.29, 0.717) is 5.52 Å². The third-order valence-corrected chi connectivity index (χ3v) is 2.34. The molecule has 1 amide bonds. The number of nitrogens with one attached hydrogen (secondary N) is 1. The summed E-state index contributed by atoms with van der Waals surface area (Å²) >= 11 is 0. The molecular formula is C10H9N3O4. The number of H-pyrrole nitrogens is 1. The molecule has 0 unspecified atom stereocenters. The average Bonchev–Trinajstić information content (AvgIpc) is 2.54. The molecule has 0 radical (unpaired) electrons. The van der Waals surface area contributed by atoms with Crippen LogP contribution in [0.3, 0.4) is 0 Å². The maximum atomic E-state index is 11.6. The van der Waals surface area contributed by atoms with Crippen LogP contribution < -0.4 is 11.4 Å². The summed E-state index contributed by atoms with van der Waals surface area (Å²) in [7, 11) is 0. The monoisotopic (exact) mass is 235 g/mol. The van der Waals surface area contributed by atoms with Crippen LogP contribution in [0.4, 0.5) is 0 Å². The highest BCUT2D eigenvalue weighted by molar-refractivity contribution is 6.01. The molecule has 0 aliphatic carbocycles. The summed E-state index contributed by atoms with van der Waals surface area (Å²) in [6.07, 6.45) is 0. The summed E-state index contributed by atoms with van der Waals surface area (Å²) < 4.78 is 1.01. The van der Waals surface area contributed by atoms with Gasteiger partial charge in [-0.1, -0.05) is 6.07 Å². The Morgan fingerprint density at radius 3 is 2.71 bits per heavy atom. The number of hydrogen-bond donors (Lipinski definition) is 3. The molecule has 0 aliphatic heterocycles. The van der Waals surface area contributed by atoms with Crippen molar-refractivity contribution in [3.8, 4) is 0 Å². The quantitative estimate of drug-likeness (QED) is 0.665. The molecule has 17 heavy (non-hydrogen) atoms. The highest BCUT2D eigenvalue weighted by atomic mass is 16.4. The van der Waals surface area contributed by atoms with Gasteiger partial charge in [-0.15, -0.1) is 0 Å². The van der Waals surface area contributed by atoms with Crippen LogP contribution in [0.5, 0.6) is 0 Å². The molecule has 4 N–H and O–H groups in total. The lowest BCUT2D eigenvalue weighted by molar-refractivity contribution is -0.118. The number of aromatic carboxylic acids is 1. The number of aromatic amines is 1. The number of para-hydroxylation sites is 1. The Balaban J connectivity index is 2.82. The van der Waals surface area contributed by atoms with E-state index < -0.39 is 17.6 Å². The molecule has 0 atom stereocenters. The molecule has 0 spiro atoms. The van der Waals surface area contributed by atoms with E-state index in [1.54, 1.807) is 6.07 Å². The minimum Gasteiger partial charge on any atom is -0.478 e. The number of nitrogens with two attached hydrogens (primary N) is 1. The topological polar surface area (TPSA) is 118 Å². The molecule has 1 aromatic carbocycles. The number of fused-ring (bicyclic) bond motifs is 1. The van der Waals surface area contributed by atoms with Crippen molar-refractivity contribution in [2.45, 2.75) is 6.54 Å². The van der Waals surface area contributed by atoms with Crippen molar-refractivity contribution in [3.05, 3.63) is 34.2 Å². The number of carboxylic acid groups (broad SMARTS) is 1. The van der Waals surface area contributed by atoms with Gasteiger partial charge in [-0.05, 0) is 12.1 Å². The van der Waals surface area contributed by atoms with E-state index in [1.165, 1.54) is 12.1 Å². The zero-order chi connectivity index (χ0) is 12.6. The van der Waals surface area contributed by atoms with Gasteiger partial charge in [-0.25, -0.2) is 9.59 Å². The van der Waals surface area contributed by atoms with Gasteiger partial charge in [0.15, 0.2) is 0 Å². The van der Waals surface area contributed by atoms with Gasteiger partial charge in [0.1, 0.15) is 6.54 Å². The normalized spacial score (nSPS) is 10.6. The minimum atomic E-state index is -1.17. The Kier molecular flexibility index (Phi) is 2.43. The van der Waals surface area contributed by atoms with Crippen molar-refractivity contribution in [1.29, 1.82) is 0 Å². The Hall–Kier alpha value is -2.57. The number of rotatable bonds is 3. The predicted molar refractivity (Wildman–Crippen MR) is 58.7 cm³/mol. The SMILES string of the molecule is NC(=O)Cn1c(=O)[nH]c2cccc(C(=O)O)c21. The first-order valence-electron chi connectivity index (χ1n) is 4.74. The number of carboxylic acids is 1. The van der Waals surface area contributed by atoms with Gasteiger partial charge < -0.3 is 15.8 Å². The number of aromatic nitrogens is 2. The Labute approximate surface area is 94.5 Å². The first-order chi connectivity index (χ1) is 8.00. The van der Waals surface area contributed by atoms with Crippen molar-refractivity contribution in [2.24, 2.45) is 5.73 Å². The van der Waals surface area contributed by atoms with Crippen LogP contribution in [0.1, 0.15) is 10.4 Å². The molecule has 1 aromatic heterocycles. The summed E-state index contributed by atoms with van der Waals surface area (Å²) in [4.78, 5) is 35.9. The first-order valence-corrected chi connectivity index (χ1v) is 4.74. The van der Waals surface area contributed by atoms with Crippen molar-refractivity contribution in [2.75, 3.05) is 0 Å². The zero-order valence-corrected chi connectivity index (χ0v) is 8.64. The van der Waals surface area contributed by atoms with Crippen LogP contribution in [0.15, 0.2) is 23.0 Å². The van der Waals surface area contributed by atoms with E-state index in [0.717, 1.165) is 4.57 Å². The molecule has 2 rings (SSSR count). The third-order valence-electron chi connectivity index (χ3n) is 2.34. The van der Waals surface area contributed by atoms with Crippen molar-refractivity contribution >= 4 is 22.9 Å². The van der Waals surface area contributed by atoms with Crippen molar-refractivity contribution < 1.29 is 14.7 Å². The highest BCUT2D eigenvalue weighted by Gasteiger charge is 2.16. The van der Waals surface area contributed by atoms with Crippen LogP contribution >= 0.6 is 0 Å². The Bertz CT molecular complexity index is 668.